The molecule has 0 spiro atoms. The molecule has 63 heavy (non-hydrogen) atoms. The Balaban J connectivity index is 1.14. The molecule has 3 aliphatic rings. The van der Waals surface area contributed by atoms with Gasteiger partial charge in [-0.3, -0.25) is 0 Å². The Morgan fingerprint density at radius 3 is 1.54 bits per heavy atom. The SMILES string of the molecule is CC1C2=C(c3ccc(-c4ccccc4)cc31)N(c1cccc(-c3ccc(C(C)(C)C)cc3)c1)c1cccc3c1B2c1ccc(-c2ccc(C(C)(C)C)cc2)cc1N3c1ccccc1. The van der Waals surface area contributed by atoms with Crippen molar-refractivity contribution in [3.8, 4) is 33.4 Å². The second kappa shape index (κ2) is 14.6. The van der Waals surface area contributed by atoms with Crippen LogP contribution < -0.4 is 20.7 Å². The highest BCUT2D eigenvalue weighted by Crippen LogP contribution is 2.54. The van der Waals surface area contributed by atoms with E-state index in [9.17, 15) is 0 Å². The lowest BCUT2D eigenvalue weighted by atomic mass is 9.31. The van der Waals surface area contributed by atoms with Crippen LogP contribution >= 0.6 is 0 Å². The maximum absolute atomic E-state index is 2.60. The first-order chi connectivity index (χ1) is 30.4. The van der Waals surface area contributed by atoms with Gasteiger partial charge in [-0.15, -0.1) is 0 Å². The highest BCUT2D eigenvalue weighted by atomic mass is 15.2. The third-order valence-electron chi connectivity index (χ3n) is 13.9. The van der Waals surface area contributed by atoms with Crippen molar-refractivity contribution in [1.82, 2.24) is 0 Å². The van der Waals surface area contributed by atoms with Crippen LogP contribution in [0.3, 0.4) is 0 Å². The molecule has 0 aromatic heterocycles. The second-order valence-corrected chi connectivity index (χ2v) is 19.8. The predicted molar refractivity (Wildman–Crippen MR) is 270 cm³/mol. The van der Waals surface area contributed by atoms with E-state index in [0.29, 0.717) is 0 Å². The standard InChI is InChI=1S/C60H53BN2/c1-39-51-37-44(40-16-10-8-11-17-40)28-34-50(51)58-56(39)61-52-35-29-45(42-26-32-47(33-27-42)60(5,6)7)38-55(52)62(48-19-12-9-13-20-48)53-22-15-23-54(57(53)61)63(58)49-21-14-18-43(36-49)41-24-30-46(31-25-41)59(2,3)4/h8-39H,1-7H3. The first kappa shape index (κ1) is 39.0. The monoisotopic (exact) mass is 812 g/mol. The maximum Gasteiger partial charge on any atom is 0.248 e. The van der Waals surface area contributed by atoms with Gasteiger partial charge < -0.3 is 9.80 Å². The van der Waals surface area contributed by atoms with Crippen LogP contribution in [-0.2, 0) is 10.8 Å². The van der Waals surface area contributed by atoms with E-state index in [1.165, 1.54) is 100 Å². The molecule has 0 bridgehead atoms. The first-order valence-electron chi connectivity index (χ1n) is 22.6. The average molecular weight is 813 g/mol. The van der Waals surface area contributed by atoms with Gasteiger partial charge in [0, 0.05) is 39.7 Å². The topological polar surface area (TPSA) is 6.48 Å². The Labute approximate surface area is 374 Å². The van der Waals surface area contributed by atoms with E-state index in [-0.39, 0.29) is 23.5 Å². The number of para-hydroxylation sites is 1. The number of anilines is 5. The Morgan fingerprint density at radius 1 is 0.413 bits per heavy atom. The van der Waals surface area contributed by atoms with Crippen LogP contribution in [0.1, 0.15) is 76.6 Å². The highest BCUT2D eigenvalue weighted by molar-refractivity contribution is 6.96. The second-order valence-electron chi connectivity index (χ2n) is 19.8. The van der Waals surface area contributed by atoms with E-state index in [0.717, 1.165) is 5.69 Å². The number of hydrogen-bond acceptors (Lipinski definition) is 2. The lowest BCUT2D eigenvalue weighted by Crippen LogP contribution is -2.55. The summed E-state index contributed by atoms with van der Waals surface area (Å²) in [5.74, 6) is 0.182. The third kappa shape index (κ3) is 6.48. The third-order valence-corrected chi connectivity index (χ3v) is 13.9. The highest BCUT2D eigenvalue weighted by Gasteiger charge is 2.49. The predicted octanol–water partition coefficient (Wildman–Crippen LogP) is 14.9. The minimum absolute atomic E-state index is 0.0606. The van der Waals surface area contributed by atoms with Crippen LogP contribution in [0.25, 0.3) is 39.1 Å². The quantitative estimate of drug-likeness (QED) is 0.160. The number of fused-ring (bicyclic) bond motifs is 5. The minimum Gasteiger partial charge on any atom is -0.311 e. The molecule has 0 fully saturated rings. The van der Waals surface area contributed by atoms with Gasteiger partial charge in [0.1, 0.15) is 0 Å². The van der Waals surface area contributed by atoms with E-state index in [2.05, 4.69) is 246 Å². The van der Waals surface area contributed by atoms with Crippen molar-refractivity contribution in [1.29, 1.82) is 0 Å². The van der Waals surface area contributed by atoms with Crippen molar-refractivity contribution in [3.63, 3.8) is 0 Å². The summed E-state index contributed by atoms with van der Waals surface area (Å²) < 4.78 is 0. The molecule has 1 atom stereocenters. The van der Waals surface area contributed by atoms with Gasteiger partial charge in [-0.05, 0) is 126 Å². The first-order valence-corrected chi connectivity index (χ1v) is 22.6. The number of hydrogen-bond donors (Lipinski definition) is 0. The smallest absolute Gasteiger partial charge is 0.248 e. The van der Waals surface area contributed by atoms with Crippen LogP contribution in [0, 0.1) is 0 Å². The van der Waals surface area contributed by atoms with E-state index in [1.807, 2.05) is 0 Å². The summed E-state index contributed by atoms with van der Waals surface area (Å²) in [4.78, 5) is 5.12. The zero-order valence-corrected chi connectivity index (χ0v) is 37.4. The van der Waals surface area contributed by atoms with Crippen molar-refractivity contribution in [2.24, 2.45) is 0 Å². The van der Waals surface area contributed by atoms with Crippen molar-refractivity contribution < 1.29 is 0 Å². The lowest BCUT2D eigenvalue weighted by molar-refractivity contribution is 0.590. The number of rotatable bonds is 5. The summed E-state index contributed by atoms with van der Waals surface area (Å²) in [5.41, 5.74) is 24.5. The number of benzene rings is 8. The fourth-order valence-electron chi connectivity index (χ4n) is 10.5. The molecule has 3 heteroatoms. The molecule has 306 valence electrons. The van der Waals surface area contributed by atoms with Gasteiger partial charge in [0.2, 0.25) is 6.71 Å². The van der Waals surface area contributed by atoms with E-state index in [1.54, 1.807) is 0 Å². The van der Waals surface area contributed by atoms with Crippen molar-refractivity contribution in [2.45, 2.75) is 65.2 Å². The summed E-state index contributed by atoms with van der Waals surface area (Å²) in [6, 6.07) is 70.8. The van der Waals surface area contributed by atoms with Crippen molar-refractivity contribution in [3.05, 3.63) is 216 Å². The maximum atomic E-state index is 2.60. The van der Waals surface area contributed by atoms with Crippen LogP contribution in [0.4, 0.5) is 28.4 Å². The molecule has 8 aromatic carbocycles. The lowest BCUT2D eigenvalue weighted by Gasteiger charge is -2.44. The molecule has 0 amide bonds. The van der Waals surface area contributed by atoms with E-state index < -0.39 is 0 Å². The Hall–Kier alpha value is -6.84. The zero-order valence-electron chi connectivity index (χ0n) is 37.4. The molecular formula is C60H53BN2. The summed E-state index contributed by atoms with van der Waals surface area (Å²) in [5, 5.41) is 0. The van der Waals surface area contributed by atoms with Crippen LogP contribution in [-0.4, -0.2) is 6.71 Å². The van der Waals surface area contributed by atoms with Crippen molar-refractivity contribution in [2.75, 3.05) is 9.80 Å². The summed E-state index contributed by atoms with van der Waals surface area (Å²) in [7, 11) is 0. The molecule has 2 nitrogen and oxygen atoms in total. The molecule has 2 heterocycles. The normalized spacial score (nSPS) is 15.2. The van der Waals surface area contributed by atoms with Gasteiger partial charge in [-0.1, -0.05) is 193 Å². The Kier molecular flexibility index (Phi) is 9.07. The minimum atomic E-state index is 0.0606. The summed E-state index contributed by atoms with van der Waals surface area (Å²) in [6.45, 7) is 16.2. The number of nitrogens with zero attached hydrogens (tertiary/aromatic N) is 2. The van der Waals surface area contributed by atoms with Crippen molar-refractivity contribution >= 4 is 51.8 Å². The fourth-order valence-corrected chi connectivity index (χ4v) is 10.5. The van der Waals surface area contributed by atoms with Gasteiger partial charge in [0.15, 0.2) is 0 Å². The molecular weight excluding hydrogens is 759 g/mol. The largest absolute Gasteiger partial charge is 0.311 e. The molecule has 2 aliphatic heterocycles. The van der Waals surface area contributed by atoms with Gasteiger partial charge in [-0.25, -0.2) is 0 Å². The molecule has 1 aliphatic carbocycles. The Morgan fingerprint density at radius 2 is 0.905 bits per heavy atom. The molecule has 0 saturated carbocycles. The average Bonchev–Trinajstić information content (AvgIpc) is 3.59. The van der Waals surface area contributed by atoms with Crippen LogP contribution in [0.5, 0.6) is 0 Å². The fraction of sp³-hybridized carbons (Fsp3) is 0.167. The van der Waals surface area contributed by atoms with Gasteiger partial charge in [0.25, 0.3) is 0 Å². The molecule has 0 radical (unpaired) electrons. The van der Waals surface area contributed by atoms with E-state index in [4.69, 9.17) is 0 Å². The molecule has 11 rings (SSSR count). The number of allylic oxidation sites excluding steroid dienone is 1. The van der Waals surface area contributed by atoms with E-state index >= 15 is 0 Å². The van der Waals surface area contributed by atoms with Crippen LogP contribution in [0.2, 0.25) is 0 Å². The molecule has 0 saturated heterocycles. The van der Waals surface area contributed by atoms with Gasteiger partial charge in [0.05, 0.1) is 0 Å². The zero-order chi connectivity index (χ0) is 43.2. The van der Waals surface area contributed by atoms with Gasteiger partial charge >= 0.3 is 0 Å². The molecule has 8 aromatic rings. The Bertz CT molecular complexity index is 3080. The summed E-state index contributed by atoms with van der Waals surface area (Å²) in [6.07, 6.45) is 0. The molecule has 0 N–H and O–H groups in total. The van der Waals surface area contributed by atoms with Crippen LogP contribution in [0.15, 0.2) is 194 Å². The summed E-state index contributed by atoms with van der Waals surface area (Å²) >= 11 is 0. The molecule has 1 unspecified atom stereocenters. The van der Waals surface area contributed by atoms with Gasteiger partial charge in [-0.2, -0.15) is 0 Å².